The third kappa shape index (κ3) is 7.95. The van der Waals surface area contributed by atoms with Gasteiger partial charge in [-0.05, 0) is 32.2 Å². The van der Waals surface area contributed by atoms with Gasteiger partial charge < -0.3 is 15.4 Å². The Hall–Kier alpha value is -0.260. The Balaban J connectivity index is 1.89. The second-order valence-electron chi connectivity index (χ2n) is 4.60. The standard InChI is InChI=1S/C13H26N2O2S/c1-2-6-14-7-8-15-13(16)11-18-10-12-5-3-4-9-17-12/h12,14H,2-11H2,1H3,(H,15,16). The van der Waals surface area contributed by atoms with Gasteiger partial charge in [0.1, 0.15) is 0 Å². The first kappa shape index (κ1) is 15.8. The van der Waals surface area contributed by atoms with Gasteiger partial charge in [-0.3, -0.25) is 4.79 Å². The third-order valence-electron chi connectivity index (χ3n) is 2.86. The van der Waals surface area contributed by atoms with E-state index in [-0.39, 0.29) is 5.91 Å². The molecule has 1 heterocycles. The molecule has 0 aromatic carbocycles. The van der Waals surface area contributed by atoms with Gasteiger partial charge in [0, 0.05) is 25.4 Å². The zero-order valence-electron chi connectivity index (χ0n) is 11.4. The van der Waals surface area contributed by atoms with Crippen molar-refractivity contribution in [3.8, 4) is 0 Å². The van der Waals surface area contributed by atoms with Gasteiger partial charge in [0.25, 0.3) is 0 Å². The van der Waals surface area contributed by atoms with Crippen molar-refractivity contribution in [2.45, 2.75) is 38.7 Å². The van der Waals surface area contributed by atoms with Gasteiger partial charge in [0.2, 0.25) is 5.91 Å². The minimum absolute atomic E-state index is 0.133. The van der Waals surface area contributed by atoms with E-state index < -0.39 is 0 Å². The molecule has 18 heavy (non-hydrogen) atoms. The average molecular weight is 274 g/mol. The van der Waals surface area contributed by atoms with E-state index in [1.807, 2.05) is 0 Å². The number of carbonyl (C=O) groups excluding carboxylic acids is 1. The van der Waals surface area contributed by atoms with E-state index in [2.05, 4.69) is 17.6 Å². The van der Waals surface area contributed by atoms with E-state index in [0.29, 0.717) is 11.9 Å². The van der Waals surface area contributed by atoms with Gasteiger partial charge in [-0.1, -0.05) is 6.92 Å². The summed E-state index contributed by atoms with van der Waals surface area (Å²) in [7, 11) is 0. The molecule has 4 nitrogen and oxygen atoms in total. The van der Waals surface area contributed by atoms with Crippen LogP contribution >= 0.6 is 11.8 Å². The molecule has 0 aromatic heterocycles. The van der Waals surface area contributed by atoms with Gasteiger partial charge >= 0.3 is 0 Å². The van der Waals surface area contributed by atoms with Gasteiger partial charge in [0.05, 0.1) is 11.9 Å². The van der Waals surface area contributed by atoms with Crippen LogP contribution in [-0.4, -0.2) is 49.8 Å². The SMILES string of the molecule is CCCNCCNC(=O)CSCC1CCCCO1. The average Bonchev–Trinajstić information content (AvgIpc) is 2.40. The Morgan fingerprint density at radius 3 is 2.94 bits per heavy atom. The summed E-state index contributed by atoms with van der Waals surface area (Å²) in [5.41, 5.74) is 0. The fourth-order valence-corrected chi connectivity index (χ4v) is 2.80. The zero-order valence-corrected chi connectivity index (χ0v) is 12.2. The van der Waals surface area contributed by atoms with Crippen molar-refractivity contribution >= 4 is 17.7 Å². The summed E-state index contributed by atoms with van der Waals surface area (Å²) in [6.45, 7) is 5.62. The van der Waals surface area contributed by atoms with Gasteiger partial charge in [-0.25, -0.2) is 0 Å². The first-order valence-electron chi connectivity index (χ1n) is 6.99. The second-order valence-corrected chi connectivity index (χ2v) is 5.63. The van der Waals surface area contributed by atoms with Crippen molar-refractivity contribution in [3.05, 3.63) is 0 Å². The Bertz CT molecular complexity index is 221. The van der Waals surface area contributed by atoms with Crippen LogP contribution in [0.15, 0.2) is 0 Å². The van der Waals surface area contributed by atoms with E-state index in [1.54, 1.807) is 11.8 Å². The molecule has 0 saturated carbocycles. The molecule has 5 heteroatoms. The maximum absolute atomic E-state index is 11.5. The highest BCUT2D eigenvalue weighted by atomic mass is 32.2. The van der Waals surface area contributed by atoms with Gasteiger partial charge in [-0.15, -0.1) is 11.8 Å². The molecule has 1 fully saturated rings. The smallest absolute Gasteiger partial charge is 0.230 e. The van der Waals surface area contributed by atoms with Crippen LogP contribution in [0.1, 0.15) is 32.6 Å². The quantitative estimate of drug-likeness (QED) is 0.624. The van der Waals surface area contributed by atoms with Crippen molar-refractivity contribution in [2.75, 3.05) is 37.7 Å². The number of ether oxygens (including phenoxy) is 1. The lowest BCUT2D eigenvalue weighted by Crippen LogP contribution is -2.33. The highest BCUT2D eigenvalue weighted by Gasteiger charge is 2.14. The van der Waals surface area contributed by atoms with Crippen LogP contribution in [0.4, 0.5) is 0 Å². The maximum Gasteiger partial charge on any atom is 0.230 e. The van der Waals surface area contributed by atoms with E-state index in [9.17, 15) is 4.79 Å². The molecule has 1 aliphatic rings. The van der Waals surface area contributed by atoms with E-state index in [0.717, 1.165) is 44.8 Å². The van der Waals surface area contributed by atoms with Crippen molar-refractivity contribution in [1.82, 2.24) is 10.6 Å². The first-order chi connectivity index (χ1) is 8.83. The van der Waals surface area contributed by atoms with E-state index in [4.69, 9.17) is 4.74 Å². The molecule has 1 atom stereocenters. The summed E-state index contributed by atoms with van der Waals surface area (Å²) >= 11 is 1.68. The van der Waals surface area contributed by atoms with Crippen LogP contribution in [0, 0.1) is 0 Å². The van der Waals surface area contributed by atoms with E-state index >= 15 is 0 Å². The van der Waals surface area contributed by atoms with E-state index in [1.165, 1.54) is 12.8 Å². The molecule has 0 aliphatic carbocycles. The number of carbonyl (C=O) groups is 1. The lowest BCUT2D eigenvalue weighted by molar-refractivity contribution is -0.118. The van der Waals surface area contributed by atoms with Gasteiger partial charge in [-0.2, -0.15) is 0 Å². The summed E-state index contributed by atoms with van der Waals surface area (Å²) in [5.74, 6) is 1.63. The lowest BCUT2D eigenvalue weighted by atomic mass is 10.1. The number of rotatable bonds is 9. The molecule has 1 saturated heterocycles. The summed E-state index contributed by atoms with van der Waals surface area (Å²) in [5, 5.41) is 6.17. The van der Waals surface area contributed by atoms with Crippen molar-refractivity contribution < 1.29 is 9.53 Å². The maximum atomic E-state index is 11.5. The van der Waals surface area contributed by atoms with Crippen LogP contribution in [0.3, 0.4) is 0 Å². The monoisotopic (exact) mass is 274 g/mol. The predicted molar refractivity (Wildman–Crippen MR) is 77.1 cm³/mol. The number of amides is 1. The Morgan fingerprint density at radius 2 is 2.22 bits per heavy atom. The largest absolute Gasteiger partial charge is 0.377 e. The molecule has 1 rings (SSSR count). The number of hydrogen-bond acceptors (Lipinski definition) is 4. The summed E-state index contributed by atoms with van der Waals surface area (Å²) in [4.78, 5) is 11.5. The number of hydrogen-bond donors (Lipinski definition) is 2. The summed E-state index contributed by atoms with van der Waals surface area (Å²) in [6, 6.07) is 0. The molecule has 0 radical (unpaired) electrons. The van der Waals surface area contributed by atoms with Crippen molar-refractivity contribution in [2.24, 2.45) is 0 Å². The van der Waals surface area contributed by atoms with Crippen molar-refractivity contribution in [1.29, 1.82) is 0 Å². The molecule has 106 valence electrons. The first-order valence-corrected chi connectivity index (χ1v) is 8.15. The highest BCUT2D eigenvalue weighted by molar-refractivity contribution is 7.99. The second kappa shape index (κ2) is 10.6. The van der Waals surface area contributed by atoms with Crippen LogP contribution < -0.4 is 10.6 Å². The Kier molecular flexibility index (Phi) is 9.34. The third-order valence-corrected chi connectivity index (χ3v) is 3.94. The van der Waals surface area contributed by atoms with Crippen LogP contribution in [0.25, 0.3) is 0 Å². The molecule has 0 aromatic rings. The predicted octanol–water partition coefficient (Wildman–Crippen LogP) is 1.40. The minimum atomic E-state index is 0.133. The van der Waals surface area contributed by atoms with Crippen molar-refractivity contribution in [3.63, 3.8) is 0 Å². The minimum Gasteiger partial charge on any atom is -0.377 e. The Morgan fingerprint density at radius 1 is 1.33 bits per heavy atom. The fourth-order valence-electron chi connectivity index (χ4n) is 1.87. The zero-order chi connectivity index (χ0) is 13.1. The topological polar surface area (TPSA) is 50.4 Å². The van der Waals surface area contributed by atoms with Crippen LogP contribution in [0.2, 0.25) is 0 Å². The lowest BCUT2D eigenvalue weighted by Gasteiger charge is -2.21. The molecule has 1 unspecified atom stereocenters. The molecule has 0 bridgehead atoms. The molecule has 0 spiro atoms. The summed E-state index contributed by atoms with van der Waals surface area (Å²) in [6.07, 6.45) is 5.09. The molecular weight excluding hydrogens is 248 g/mol. The molecule has 1 amide bonds. The fraction of sp³-hybridized carbons (Fsp3) is 0.923. The van der Waals surface area contributed by atoms with Gasteiger partial charge in [0.15, 0.2) is 0 Å². The number of thioether (sulfide) groups is 1. The summed E-state index contributed by atoms with van der Waals surface area (Å²) < 4.78 is 5.62. The number of nitrogens with one attached hydrogen (secondary N) is 2. The molecule has 2 N–H and O–H groups in total. The normalized spacial score (nSPS) is 19.7. The van der Waals surface area contributed by atoms with Crippen LogP contribution in [0.5, 0.6) is 0 Å². The highest BCUT2D eigenvalue weighted by Crippen LogP contribution is 2.16. The molecule has 1 aliphatic heterocycles. The molecular formula is C13H26N2O2S. The Labute approximate surface area is 115 Å². The van der Waals surface area contributed by atoms with Crippen LogP contribution in [-0.2, 0) is 9.53 Å².